The van der Waals surface area contributed by atoms with Crippen molar-refractivity contribution in [2.24, 2.45) is 0 Å². The van der Waals surface area contributed by atoms with Crippen LogP contribution in [0.3, 0.4) is 0 Å². The number of rotatable bonds is 19. The number of amides is 1. The minimum absolute atomic E-state index is 0.157. The van der Waals surface area contributed by atoms with Crippen LogP contribution in [0.5, 0.6) is 0 Å². The molecule has 0 spiro atoms. The Labute approximate surface area is 249 Å². The third-order valence-electron chi connectivity index (χ3n) is 7.73. The molecule has 0 fully saturated rings. The van der Waals surface area contributed by atoms with Gasteiger partial charge in [-0.25, -0.2) is 0 Å². The van der Waals surface area contributed by atoms with E-state index in [0.717, 1.165) is 34.9 Å². The van der Waals surface area contributed by atoms with E-state index in [0.29, 0.717) is 6.54 Å². The van der Waals surface area contributed by atoms with Gasteiger partial charge in [0, 0.05) is 11.0 Å². The Morgan fingerprint density at radius 3 is 1.88 bits per heavy atom. The molecule has 0 aromatic heterocycles. The molecule has 0 aliphatic carbocycles. The first kappa shape index (κ1) is 31.9. The number of carbonyl (C=O) groups is 2. The van der Waals surface area contributed by atoms with E-state index in [9.17, 15) is 14.7 Å². The second-order valence-electron chi connectivity index (χ2n) is 10.9. The normalized spacial score (nSPS) is 15.5. The first-order chi connectivity index (χ1) is 19.5. The fourth-order valence-electron chi connectivity index (χ4n) is 5.43. The molecule has 1 atom stereocenters. The number of ketones is 1. The number of hydrogen-bond acceptors (Lipinski definition) is 3. The van der Waals surface area contributed by atoms with Crippen molar-refractivity contribution in [3.05, 3.63) is 87.6 Å². The highest BCUT2D eigenvalue weighted by molar-refractivity contribution is 9.10. The van der Waals surface area contributed by atoms with Gasteiger partial charge in [0.1, 0.15) is 0 Å². The molecule has 0 saturated carbocycles. The van der Waals surface area contributed by atoms with Gasteiger partial charge in [-0.05, 0) is 35.8 Å². The smallest absolute Gasteiger partial charge is 0.290 e. The lowest BCUT2D eigenvalue weighted by molar-refractivity contribution is -0.129. The number of nitrogens with zero attached hydrogens (tertiary/aromatic N) is 1. The number of allylic oxidation sites excluding steroid dienone is 1. The number of hydrogen-bond donors (Lipinski definition) is 1. The van der Waals surface area contributed by atoms with Crippen LogP contribution in [0, 0.1) is 0 Å². The molecule has 1 amide bonds. The maximum Gasteiger partial charge on any atom is 0.290 e. The SMILES string of the molecule is CCCCCCCCCCCCCCCCN1C(=O)C(O)=C(C(=O)/C=C/c2ccccc2)[C@H]1c1ccc(Br)cc1. The molecule has 1 heterocycles. The molecule has 0 radical (unpaired) electrons. The fourth-order valence-corrected chi connectivity index (χ4v) is 5.69. The zero-order valence-electron chi connectivity index (χ0n) is 24.1. The molecule has 1 aliphatic heterocycles. The molecule has 40 heavy (non-hydrogen) atoms. The van der Waals surface area contributed by atoms with Crippen molar-refractivity contribution in [1.82, 2.24) is 4.90 Å². The van der Waals surface area contributed by atoms with Crippen molar-refractivity contribution >= 4 is 33.7 Å². The molecular formula is C35H46BrNO3. The summed E-state index contributed by atoms with van der Waals surface area (Å²) in [5, 5.41) is 10.8. The molecule has 3 rings (SSSR count). The Hall–Kier alpha value is -2.66. The van der Waals surface area contributed by atoms with Crippen LogP contribution in [0.15, 0.2) is 76.5 Å². The van der Waals surface area contributed by atoms with Crippen LogP contribution < -0.4 is 0 Å². The van der Waals surface area contributed by atoms with Crippen molar-refractivity contribution in [2.75, 3.05) is 6.54 Å². The van der Waals surface area contributed by atoms with E-state index in [2.05, 4.69) is 22.9 Å². The monoisotopic (exact) mass is 607 g/mol. The average Bonchev–Trinajstić information content (AvgIpc) is 3.22. The summed E-state index contributed by atoms with van der Waals surface area (Å²) < 4.78 is 0.921. The van der Waals surface area contributed by atoms with Crippen LogP contribution in [0.1, 0.15) is 114 Å². The molecule has 0 saturated heterocycles. The highest BCUT2D eigenvalue weighted by Crippen LogP contribution is 2.38. The van der Waals surface area contributed by atoms with E-state index in [1.807, 2.05) is 54.6 Å². The van der Waals surface area contributed by atoms with Crippen molar-refractivity contribution in [3.63, 3.8) is 0 Å². The standard InChI is InChI=1S/C35H46BrNO3/c1-2-3-4-5-6-7-8-9-10-11-12-13-14-18-27-37-33(29-22-24-30(36)25-23-29)32(34(39)35(37)40)31(38)26-21-28-19-16-15-17-20-28/h15-17,19-26,33,39H,2-14,18,27H2,1H3/b26-21+/t33-/m1/s1. The van der Waals surface area contributed by atoms with Gasteiger partial charge in [0.05, 0.1) is 11.6 Å². The van der Waals surface area contributed by atoms with Gasteiger partial charge < -0.3 is 10.0 Å². The topological polar surface area (TPSA) is 57.6 Å². The molecule has 1 aliphatic rings. The third kappa shape index (κ3) is 10.1. The zero-order valence-corrected chi connectivity index (χ0v) is 25.7. The number of unbranched alkanes of at least 4 members (excludes halogenated alkanes) is 13. The largest absolute Gasteiger partial charge is 0.503 e. The fraction of sp³-hybridized carbons (Fsp3) is 0.486. The molecule has 0 bridgehead atoms. The summed E-state index contributed by atoms with van der Waals surface area (Å²) in [6, 6.07) is 16.6. The number of carbonyl (C=O) groups excluding carboxylic acids is 2. The third-order valence-corrected chi connectivity index (χ3v) is 8.26. The molecule has 1 N–H and O–H groups in total. The Bertz CT molecular complexity index is 1110. The van der Waals surface area contributed by atoms with Crippen LogP contribution in [-0.4, -0.2) is 28.2 Å². The molecule has 2 aromatic rings. The summed E-state index contributed by atoms with van der Waals surface area (Å²) in [6.07, 6.45) is 20.9. The van der Waals surface area contributed by atoms with Gasteiger partial charge in [-0.2, -0.15) is 0 Å². The minimum atomic E-state index is -0.588. The van der Waals surface area contributed by atoms with Gasteiger partial charge >= 0.3 is 0 Å². The van der Waals surface area contributed by atoms with E-state index in [-0.39, 0.29) is 11.4 Å². The van der Waals surface area contributed by atoms with Crippen LogP contribution in [0.2, 0.25) is 0 Å². The lowest BCUT2D eigenvalue weighted by atomic mass is 9.95. The maximum absolute atomic E-state index is 13.3. The molecule has 0 unspecified atom stereocenters. The van der Waals surface area contributed by atoms with E-state index < -0.39 is 17.7 Å². The van der Waals surface area contributed by atoms with Gasteiger partial charge in [0.2, 0.25) is 0 Å². The molecule has 2 aromatic carbocycles. The summed E-state index contributed by atoms with van der Waals surface area (Å²) in [5.74, 6) is -1.23. The van der Waals surface area contributed by atoms with E-state index >= 15 is 0 Å². The van der Waals surface area contributed by atoms with Gasteiger partial charge in [-0.15, -0.1) is 0 Å². The molecule has 216 valence electrons. The number of benzene rings is 2. The van der Waals surface area contributed by atoms with Crippen LogP contribution in [0.4, 0.5) is 0 Å². The second-order valence-corrected chi connectivity index (χ2v) is 11.8. The second kappa shape index (κ2) is 17.9. The van der Waals surface area contributed by atoms with Crippen LogP contribution in [-0.2, 0) is 9.59 Å². The highest BCUT2D eigenvalue weighted by atomic mass is 79.9. The predicted molar refractivity (Wildman–Crippen MR) is 169 cm³/mol. The lowest BCUT2D eigenvalue weighted by Crippen LogP contribution is -2.32. The van der Waals surface area contributed by atoms with Crippen molar-refractivity contribution in [1.29, 1.82) is 0 Å². The van der Waals surface area contributed by atoms with Gasteiger partial charge in [-0.1, -0.05) is 155 Å². The average molecular weight is 609 g/mol. The summed E-state index contributed by atoms with van der Waals surface area (Å²) in [7, 11) is 0. The number of halogens is 1. The summed E-state index contributed by atoms with van der Waals surface area (Å²) in [6.45, 7) is 2.78. The molecule has 4 nitrogen and oxygen atoms in total. The highest BCUT2D eigenvalue weighted by Gasteiger charge is 2.42. The van der Waals surface area contributed by atoms with E-state index in [1.165, 1.54) is 76.7 Å². The Morgan fingerprint density at radius 1 is 0.800 bits per heavy atom. The number of aliphatic hydroxyl groups excluding tert-OH is 1. The zero-order chi connectivity index (χ0) is 28.6. The van der Waals surface area contributed by atoms with Gasteiger partial charge in [-0.3, -0.25) is 9.59 Å². The van der Waals surface area contributed by atoms with Crippen LogP contribution >= 0.6 is 15.9 Å². The Balaban J connectivity index is 1.49. The first-order valence-electron chi connectivity index (χ1n) is 15.3. The molecule has 5 heteroatoms. The predicted octanol–water partition coefficient (Wildman–Crippen LogP) is 9.91. The van der Waals surface area contributed by atoms with Crippen LogP contribution in [0.25, 0.3) is 6.08 Å². The summed E-state index contributed by atoms with van der Waals surface area (Å²) in [4.78, 5) is 28.1. The Kier molecular flexibility index (Phi) is 14.3. The number of aliphatic hydroxyl groups is 1. The molecular weight excluding hydrogens is 562 g/mol. The van der Waals surface area contributed by atoms with Gasteiger partial charge in [0.25, 0.3) is 5.91 Å². The van der Waals surface area contributed by atoms with E-state index in [1.54, 1.807) is 11.0 Å². The van der Waals surface area contributed by atoms with Gasteiger partial charge in [0.15, 0.2) is 11.5 Å². The minimum Gasteiger partial charge on any atom is -0.503 e. The van der Waals surface area contributed by atoms with Crippen molar-refractivity contribution < 1.29 is 14.7 Å². The van der Waals surface area contributed by atoms with Crippen molar-refractivity contribution in [2.45, 2.75) is 103 Å². The summed E-state index contributed by atoms with van der Waals surface area (Å²) in [5.41, 5.74) is 1.87. The Morgan fingerprint density at radius 2 is 1.32 bits per heavy atom. The lowest BCUT2D eigenvalue weighted by Gasteiger charge is -2.26. The van der Waals surface area contributed by atoms with Crippen molar-refractivity contribution in [3.8, 4) is 0 Å². The maximum atomic E-state index is 13.3. The quantitative estimate of drug-likeness (QED) is 0.128. The van der Waals surface area contributed by atoms with E-state index in [4.69, 9.17) is 0 Å². The summed E-state index contributed by atoms with van der Waals surface area (Å²) >= 11 is 3.47. The first-order valence-corrected chi connectivity index (χ1v) is 16.1.